The first kappa shape index (κ1) is 13.5. The summed E-state index contributed by atoms with van der Waals surface area (Å²) in [5.41, 5.74) is -4.06. The lowest BCUT2D eigenvalue weighted by molar-refractivity contribution is -0.0328. The molecule has 1 amide bonds. The van der Waals surface area contributed by atoms with E-state index in [0.29, 0.717) is 0 Å². The van der Waals surface area contributed by atoms with Gasteiger partial charge in [-0.15, -0.1) is 0 Å². The number of H-pyrrole nitrogens is 1. The molecule has 0 aliphatic carbocycles. The molecule has 0 fully saturated rings. The number of nitrogens with zero attached hydrogens (tertiary/aromatic N) is 1. The molecular weight excluding hydrogens is 279 g/mol. The number of alkyl halides is 3. The summed E-state index contributed by atoms with van der Waals surface area (Å²) in [5, 5.41) is 8.46. The molecule has 2 N–H and O–H groups in total. The van der Waals surface area contributed by atoms with E-state index in [1.54, 1.807) is 6.07 Å². The molecule has 2 rings (SSSR count). The lowest BCUT2D eigenvalue weighted by Crippen LogP contribution is -2.12. The van der Waals surface area contributed by atoms with Gasteiger partial charge in [0.15, 0.2) is 0 Å². The Balaban J connectivity index is 2.18. The van der Waals surface area contributed by atoms with Gasteiger partial charge in [-0.25, -0.2) is 0 Å². The van der Waals surface area contributed by atoms with Gasteiger partial charge in [0.05, 0.1) is 17.4 Å². The van der Waals surface area contributed by atoms with E-state index >= 15 is 0 Å². The van der Waals surface area contributed by atoms with Crippen molar-refractivity contribution >= 4 is 23.4 Å². The molecular formula is C11H8F3N3OS. The average Bonchev–Trinajstić information content (AvgIpc) is 2.83. The number of carbonyl (C=O) groups is 1. The van der Waals surface area contributed by atoms with Crippen LogP contribution in [0.15, 0.2) is 41.6 Å². The standard InChI is InChI=1S/C11H8F3N3OS/c12-11(13,14)19-9-4-2-1-3-8(9)17-10(18)7-5-15-16-6-7/h1-6H,(H,15,16)(H,17,18). The highest BCUT2D eigenvalue weighted by Crippen LogP contribution is 2.40. The van der Waals surface area contributed by atoms with E-state index in [9.17, 15) is 18.0 Å². The molecule has 1 aromatic heterocycles. The first-order valence-electron chi connectivity index (χ1n) is 5.10. The quantitative estimate of drug-likeness (QED) is 0.852. The molecule has 0 aliphatic heterocycles. The largest absolute Gasteiger partial charge is 0.446 e. The third kappa shape index (κ3) is 3.75. The van der Waals surface area contributed by atoms with E-state index in [1.165, 1.54) is 30.6 Å². The third-order valence-electron chi connectivity index (χ3n) is 2.12. The number of hydrogen-bond donors (Lipinski definition) is 2. The van der Waals surface area contributed by atoms with Crippen molar-refractivity contribution in [2.75, 3.05) is 5.32 Å². The van der Waals surface area contributed by atoms with Gasteiger partial charge in [0.2, 0.25) is 0 Å². The second-order valence-electron chi connectivity index (χ2n) is 3.49. The van der Waals surface area contributed by atoms with Crippen LogP contribution in [0.4, 0.5) is 18.9 Å². The van der Waals surface area contributed by atoms with E-state index in [1.807, 2.05) is 0 Å². The zero-order valence-corrected chi connectivity index (χ0v) is 10.2. The number of amides is 1. The molecule has 0 atom stereocenters. The summed E-state index contributed by atoms with van der Waals surface area (Å²) in [6.07, 6.45) is 2.64. The zero-order chi connectivity index (χ0) is 13.9. The normalized spacial score (nSPS) is 11.3. The van der Waals surface area contributed by atoms with Crippen LogP contribution in [0.2, 0.25) is 0 Å². The SMILES string of the molecule is O=C(Nc1ccccc1SC(F)(F)F)c1cn[nH]c1. The molecule has 0 radical (unpaired) electrons. The van der Waals surface area contributed by atoms with Crippen LogP contribution >= 0.6 is 11.8 Å². The summed E-state index contributed by atoms with van der Waals surface area (Å²) in [6, 6.07) is 5.72. The van der Waals surface area contributed by atoms with Crippen LogP contribution in [0.5, 0.6) is 0 Å². The van der Waals surface area contributed by atoms with Crippen molar-refractivity contribution in [1.29, 1.82) is 0 Å². The number of carbonyl (C=O) groups excluding carboxylic acids is 1. The molecule has 0 unspecified atom stereocenters. The lowest BCUT2D eigenvalue weighted by atomic mass is 10.3. The van der Waals surface area contributed by atoms with Gasteiger partial charge in [-0.2, -0.15) is 18.3 Å². The molecule has 0 aliphatic rings. The lowest BCUT2D eigenvalue weighted by Gasteiger charge is -2.11. The molecule has 1 heterocycles. The maximum atomic E-state index is 12.4. The van der Waals surface area contributed by atoms with E-state index in [2.05, 4.69) is 15.5 Å². The summed E-state index contributed by atoms with van der Waals surface area (Å²) >= 11 is -0.272. The fourth-order valence-electron chi connectivity index (χ4n) is 1.35. The summed E-state index contributed by atoms with van der Waals surface area (Å²) in [4.78, 5) is 11.7. The van der Waals surface area contributed by atoms with Gasteiger partial charge < -0.3 is 5.32 Å². The molecule has 0 saturated heterocycles. The van der Waals surface area contributed by atoms with Crippen LogP contribution in [0.25, 0.3) is 0 Å². The monoisotopic (exact) mass is 287 g/mol. The van der Waals surface area contributed by atoms with Crippen molar-refractivity contribution < 1.29 is 18.0 Å². The van der Waals surface area contributed by atoms with E-state index < -0.39 is 11.4 Å². The van der Waals surface area contributed by atoms with Crippen LogP contribution in [0.3, 0.4) is 0 Å². The minimum atomic E-state index is -4.41. The zero-order valence-electron chi connectivity index (χ0n) is 9.36. The topological polar surface area (TPSA) is 57.8 Å². The molecule has 2 aromatic rings. The van der Waals surface area contributed by atoms with Gasteiger partial charge in [-0.1, -0.05) is 12.1 Å². The van der Waals surface area contributed by atoms with E-state index in [-0.39, 0.29) is 27.9 Å². The van der Waals surface area contributed by atoms with Crippen molar-refractivity contribution in [2.45, 2.75) is 10.4 Å². The van der Waals surface area contributed by atoms with Crippen molar-refractivity contribution in [1.82, 2.24) is 10.2 Å². The Hall–Kier alpha value is -1.96. The van der Waals surface area contributed by atoms with Gasteiger partial charge in [-0.3, -0.25) is 9.89 Å². The fraction of sp³-hybridized carbons (Fsp3) is 0.0909. The van der Waals surface area contributed by atoms with Crippen molar-refractivity contribution in [3.05, 3.63) is 42.2 Å². The number of aromatic amines is 1. The van der Waals surface area contributed by atoms with E-state index in [4.69, 9.17) is 0 Å². The first-order chi connectivity index (χ1) is 8.96. The Kier molecular flexibility index (Phi) is 3.79. The number of thioether (sulfide) groups is 1. The number of hydrogen-bond acceptors (Lipinski definition) is 3. The van der Waals surface area contributed by atoms with Gasteiger partial charge in [-0.05, 0) is 23.9 Å². The molecule has 8 heteroatoms. The van der Waals surface area contributed by atoms with E-state index in [0.717, 1.165) is 0 Å². The smallest absolute Gasteiger partial charge is 0.321 e. The molecule has 0 saturated carbocycles. The van der Waals surface area contributed by atoms with Gasteiger partial charge in [0.25, 0.3) is 5.91 Å². The minimum Gasteiger partial charge on any atom is -0.321 e. The number of nitrogens with one attached hydrogen (secondary N) is 2. The Morgan fingerprint density at radius 1 is 1.32 bits per heavy atom. The van der Waals surface area contributed by atoms with Gasteiger partial charge >= 0.3 is 5.51 Å². The van der Waals surface area contributed by atoms with Crippen molar-refractivity contribution in [2.24, 2.45) is 0 Å². The fourth-order valence-corrected chi connectivity index (χ4v) is 1.98. The predicted molar refractivity (Wildman–Crippen MR) is 64.9 cm³/mol. The molecule has 0 spiro atoms. The van der Waals surface area contributed by atoms with Crippen LogP contribution in [-0.4, -0.2) is 21.6 Å². The second-order valence-corrected chi connectivity index (χ2v) is 4.59. The molecule has 1 aromatic carbocycles. The third-order valence-corrected chi connectivity index (χ3v) is 2.93. The Morgan fingerprint density at radius 2 is 2.05 bits per heavy atom. The maximum Gasteiger partial charge on any atom is 0.446 e. The Bertz CT molecular complexity index is 569. The number of rotatable bonds is 3. The molecule has 4 nitrogen and oxygen atoms in total. The summed E-state index contributed by atoms with van der Waals surface area (Å²) < 4.78 is 37.1. The van der Waals surface area contributed by atoms with Gasteiger partial charge in [0, 0.05) is 11.1 Å². The van der Waals surface area contributed by atoms with Crippen molar-refractivity contribution in [3.8, 4) is 0 Å². The van der Waals surface area contributed by atoms with Crippen LogP contribution in [-0.2, 0) is 0 Å². The Morgan fingerprint density at radius 3 is 2.68 bits per heavy atom. The average molecular weight is 287 g/mol. The number of aromatic nitrogens is 2. The predicted octanol–water partition coefficient (Wildman–Crippen LogP) is 3.27. The minimum absolute atomic E-state index is 0.0631. The highest BCUT2D eigenvalue weighted by atomic mass is 32.2. The Labute approximate surface area is 110 Å². The number of para-hydroxylation sites is 1. The second kappa shape index (κ2) is 5.35. The first-order valence-corrected chi connectivity index (χ1v) is 5.92. The van der Waals surface area contributed by atoms with Crippen molar-refractivity contribution in [3.63, 3.8) is 0 Å². The maximum absolute atomic E-state index is 12.4. The molecule has 100 valence electrons. The molecule has 19 heavy (non-hydrogen) atoms. The van der Waals surface area contributed by atoms with Gasteiger partial charge in [0.1, 0.15) is 0 Å². The highest BCUT2D eigenvalue weighted by Gasteiger charge is 2.30. The number of anilines is 1. The number of benzene rings is 1. The van der Waals surface area contributed by atoms with Crippen LogP contribution in [0, 0.1) is 0 Å². The number of halogens is 3. The summed E-state index contributed by atoms with van der Waals surface area (Å²) in [5.74, 6) is -0.524. The van der Waals surface area contributed by atoms with Crippen LogP contribution < -0.4 is 5.32 Å². The molecule has 0 bridgehead atoms. The summed E-state index contributed by atoms with van der Waals surface area (Å²) in [6.45, 7) is 0. The highest BCUT2D eigenvalue weighted by molar-refractivity contribution is 8.00. The summed E-state index contributed by atoms with van der Waals surface area (Å²) in [7, 11) is 0. The van der Waals surface area contributed by atoms with Crippen LogP contribution in [0.1, 0.15) is 10.4 Å².